The molecule has 2 aromatic carbocycles. The molecule has 0 unspecified atom stereocenters. The van der Waals surface area contributed by atoms with E-state index in [9.17, 15) is 13.2 Å². The Morgan fingerprint density at radius 2 is 2.00 bits per heavy atom. The topological polar surface area (TPSA) is 88.2 Å². The SMILES string of the molecule is CCN1C[C@@H](CN(C)C(=O)c2ccc(OC)c(S(=O)(=O)NC3CC3)c2)Oc2ccccc21. The number of carbonyl (C=O) groups is 1. The van der Waals surface area contributed by atoms with Crippen LogP contribution in [-0.4, -0.2) is 65.2 Å². The number of benzene rings is 2. The summed E-state index contributed by atoms with van der Waals surface area (Å²) < 4.78 is 39.5. The number of para-hydroxylation sites is 2. The van der Waals surface area contributed by atoms with Gasteiger partial charge in [-0.15, -0.1) is 0 Å². The first-order chi connectivity index (χ1) is 15.3. The molecule has 2 aliphatic rings. The number of rotatable bonds is 8. The monoisotopic (exact) mass is 459 g/mol. The molecular weight excluding hydrogens is 430 g/mol. The van der Waals surface area contributed by atoms with Gasteiger partial charge in [0.15, 0.2) is 0 Å². The van der Waals surface area contributed by atoms with Crippen LogP contribution in [0.5, 0.6) is 11.5 Å². The number of likely N-dealkylation sites (N-methyl/N-ethyl adjacent to an activating group) is 2. The lowest BCUT2D eigenvalue weighted by Crippen LogP contribution is -2.46. The lowest BCUT2D eigenvalue weighted by molar-refractivity contribution is 0.0709. The molecule has 172 valence electrons. The third kappa shape index (κ3) is 4.68. The number of amides is 1. The summed E-state index contributed by atoms with van der Waals surface area (Å²) >= 11 is 0. The van der Waals surface area contributed by atoms with Crippen LogP contribution in [0.25, 0.3) is 0 Å². The predicted molar refractivity (Wildman–Crippen MR) is 122 cm³/mol. The maximum absolute atomic E-state index is 13.1. The Kier molecular flexibility index (Phi) is 6.30. The number of fused-ring (bicyclic) bond motifs is 1. The highest BCUT2D eigenvalue weighted by Crippen LogP contribution is 2.33. The molecule has 0 saturated heterocycles. The molecule has 0 aromatic heterocycles. The van der Waals surface area contributed by atoms with Crippen molar-refractivity contribution in [3.05, 3.63) is 48.0 Å². The molecule has 0 bridgehead atoms. The van der Waals surface area contributed by atoms with Gasteiger partial charge < -0.3 is 19.3 Å². The van der Waals surface area contributed by atoms with Crippen LogP contribution in [0.2, 0.25) is 0 Å². The van der Waals surface area contributed by atoms with E-state index in [1.165, 1.54) is 19.2 Å². The van der Waals surface area contributed by atoms with Gasteiger partial charge in [0.2, 0.25) is 10.0 Å². The van der Waals surface area contributed by atoms with E-state index in [1.54, 1.807) is 18.0 Å². The Morgan fingerprint density at radius 1 is 1.25 bits per heavy atom. The van der Waals surface area contributed by atoms with Gasteiger partial charge in [-0.25, -0.2) is 13.1 Å². The van der Waals surface area contributed by atoms with Crippen LogP contribution >= 0.6 is 0 Å². The summed E-state index contributed by atoms with van der Waals surface area (Å²) in [6.45, 7) is 3.96. The molecule has 0 spiro atoms. The Morgan fingerprint density at radius 3 is 2.69 bits per heavy atom. The second-order valence-corrected chi connectivity index (χ2v) is 9.88. The molecule has 9 heteroatoms. The van der Waals surface area contributed by atoms with E-state index < -0.39 is 10.0 Å². The predicted octanol–water partition coefficient (Wildman–Crippen LogP) is 2.50. The van der Waals surface area contributed by atoms with E-state index in [1.807, 2.05) is 24.3 Å². The first kappa shape index (κ1) is 22.4. The first-order valence-electron chi connectivity index (χ1n) is 10.8. The minimum absolute atomic E-state index is 0.0221. The zero-order chi connectivity index (χ0) is 22.9. The van der Waals surface area contributed by atoms with Crippen LogP contribution in [0.1, 0.15) is 30.1 Å². The van der Waals surface area contributed by atoms with Gasteiger partial charge in [-0.1, -0.05) is 12.1 Å². The Balaban J connectivity index is 1.51. The highest BCUT2D eigenvalue weighted by atomic mass is 32.2. The van der Waals surface area contributed by atoms with Gasteiger partial charge >= 0.3 is 0 Å². The van der Waals surface area contributed by atoms with Gasteiger partial charge in [0.05, 0.1) is 25.9 Å². The number of ether oxygens (including phenoxy) is 2. The summed E-state index contributed by atoms with van der Waals surface area (Å²) in [7, 11) is -0.659. The zero-order valence-corrected chi connectivity index (χ0v) is 19.4. The van der Waals surface area contributed by atoms with Crippen molar-refractivity contribution < 1.29 is 22.7 Å². The summed E-state index contributed by atoms with van der Waals surface area (Å²) in [5.74, 6) is 0.736. The highest BCUT2D eigenvalue weighted by molar-refractivity contribution is 7.89. The molecule has 4 rings (SSSR count). The minimum atomic E-state index is -3.77. The molecular formula is C23H29N3O5S. The average Bonchev–Trinajstić information content (AvgIpc) is 3.60. The Bertz CT molecular complexity index is 1100. The largest absolute Gasteiger partial charge is 0.495 e. The van der Waals surface area contributed by atoms with Crippen molar-refractivity contribution in [1.29, 1.82) is 0 Å². The third-order valence-electron chi connectivity index (χ3n) is 5.73. The van der Waals surface area contributed by atoms with E-state index in [0.717, 1.165) is 30.8 Å². The fraction of sp³-hybridized carbons (Fsp3) is 0.435. The lowest BCUT2D eigenvalue weighted by atomic mass is 10.1. The van der Waals surface area contributed by atoms with Crippen molar-refractivity contribution >= 4 is 21.6 Å². The summed E-state index contributed by atoms with van der Waals surface area (Å²) in [6.07, 6.45) is 1.45. The van der Waals surface area contributed by atoms with Crippen molar-refractivity contribution in [1.82, 2.24) is 9.62 Å². The van der Waals surface area contributed by atoms with Gasteiger partial charge in [0, 0.05) is 25.2 Å². The van der Waals surface area contributed by atoms with Crippen LogP contribution in [-0.2, 0) is 10.0 Å². The Labute approximate surface area is 189 Å². The number of carbonyl (C=O) groups excluding carboxylic acids is 1. The number of anilines is 1. The second kappa shape index (κ2) is 8.99. The van der Waals surface area contributed by atoms with Crippen LogP contribution in [0, 0.1) is 0 Å². The number of nitrogens with one attached hydrogen (secondary N) is 1. The summed E-state index contributed by atoms with van der Waals surface area (Å²) in [5, 5.41) is 0. The standard InChI is InChI=1S/C23H29N3O5S/c1-4-26-15-18(31-20-8-6-5-7-19(20)26)14-25(2)23(27)16-9-12-21(30-3)22(13-16)32(28,29)24-17-10-11-17/h5-9,12-13,17-18,24H,4,10-11,14-15H2,1-3H3/t18-/m1/s1. The van der Waals surface area contributed by atoms with Crippen LogP contribution < -0.4 is 19.1 Å². The normalized spacial score (nSPS) is 18.0. The number of methoxy groups -OCH3 is 1. The number of sulfonamides is 1. The maximum Gasteiger partial charge on any atom is 0.253 e. The zero-order valence-electron chi connectivity index (χ0n) is 18.6. The minimum Gasteiger partial charge on any atom is -0.495 e. The van der Waals surface area contributed by atoms with Gasteiger partial charge in [0.1, 0.15) is 22.5 Å². The molecule has 0 radical (unpaired) electrons. The molecule has 32 heavy (non-hydrogen) atoms. The molecule has 1 atom stereocenters. The fourth-order valence-electron chi connectivity index (χ4n) is 3.89. The molecule has 1 saturated carbocycles. The summed E-state index contributed by atoms with van der Waals surface area (Å²) in [5.41, 5.74) is 1.33. The average molecular weight is 460 g/mol. The highest BCUT2D eigenvalue weighted by Gasteiger charge is 2.31. The van der Waals surface area contributed by atoms with Crippen molar-refractivity contribution in [3.63, 3.8) is 0 Å². The molecule has 1 aliphatic carbocycles. The molecule has 8 nitrogen and oxygen atoms in total. The van der Waals surface area contributed by atoms with Gasteiger partial charge in [-0.05, 0) is 50.1 Å². The molecule has 2 aromatic rings. The molecule has 1 aliphatic heterocycles. The Hall–Kier alpha value is -2.78. The van der Waals surface area contributed by atoms with Crippen LogP contribution in [0.15, 0.2) is 47.4 Å². The summed E-state index contributed by atoms with van der Waals surface area (Å²) in [6, 6.07) is 12.3. The van der Waals surface area contributed by atoms with Crippen molar-refractivity contribution in [2.75, 3.05) is 38.7 Å². The lowest BCUT2D eigenvalue weighted by Gasteiger charge is -2.37. The fourth-order valence-corrected chi connectivity index (χ4v) is 5.39. The van der Waals surface area contributed by atoms with Crippen molar-refractivity contribution in [2.24, 2.45) is 0 Å². The summed E-state index contributed by atoms with van der Waals surface area (Å²) in [4.78, 5) is 16.9. The van der Waals surface area contributed by atoms with Crippen LogP contribution in [0.3, 0.4) is 0 Å². The molecule has 1 amide bonds. The van der Waals surface area contributed by atoms with Gasteiger partial charge in [-0.2, -0.15) is 0 Å². The maximum atomic E-state index is 13.1. The quantitative estimate of drug-likeness (QED) is 0.653. The van der Waals surface area contributed by atoms with Crippen LogP contribution in [0.4, 0.5) is 5.69 Å². The van der Waals surface area contributed by atoms with Crippen molar-refractivity contribution in [3.8, 4) is 11.5 Å². The smallest absolute Gasteiger partial charge is 0.253 e. The van der Waals surface area contributed by atoms with Gasteiger partial charge in [-0.3, -0.25) is 4.79 Å². The third-order valence-corrected chi connectivity index (χ3v) is 7.27. The van der Waals surface area contributed by atoms with Crippen molar-refractivity contribution in [2.45, 2.75) is 36.8 Å². The number of hydrogen-bond acceptors (Lipinski definition) is 6. The number of hydrogen-bond donors (Lipinski definition) is 1. The van der Waals surface area contributed by atoms with E-state index in [2.05, 4.69) is 16.5 Å². The second-order valence-electron chi connectivity index (χ2n) is 8.19. The van der Waals surface area contributed by atoms with Gasteiger partial charge in [0.25, 0.3) is 5.91 Å². The van der Waals surface area contributed by atoms with E-state index in [4.69, 9.17) is 9.47 Å². The van der Waals surface area contributed by atoms with E-state index in [0.29, 0.717) is 13.1 Å². The van der Waals surface area contributed by atoms with E-state index >= 15 is 0 Å². The molecule has 1 N–H and O–H groups in total. The number of nitrogens with zero attached hydrogens (tertiary/aromatic N) is 2. The molecule has 1 fully saturated rings. The molecule has 1 heterocycles. The van der Waals surface area contributed by atoms with E-state index in [-0.39, 0.29) is 34.3 Å². The first-order valence-corrected chi connectivity index (χ1v) is 12.3.